The van der Waals surface area contributed by atoms with Gasteiger partial charge in [-0.15, -0.1) is 0 Å². The number of fused-ring (bicyclic) bond motifs is 1. The fraction of sp³-hybridized carbons (Fsp3) is 0.591. The molecular weight excluding hydrogens is 372 g/mol. The van der Waals surface area contributed by atoms with E-state index in [9.17, 15) is 14.4 Å². The molecule has 1 aromatic carbocycles. The molecule has 2 amide bonds. The average Bonchev–Trinajstić information content (AvgIpc) is 2.76. The molecular formula is C22H30N2O5. The minimum atomic E-state index is -0.616. The molecule has 1 aromatic rings. The second kappa shape index (κ2) is 10.3. The Morgan fingerprint density at radius 3 is 2.55 bits per heavy atom. The molecule has 3 rings (SSSR count). The fourth-order valence-corrected chi connectivity index (χ4v) is 4.33. The van der Waals surface area contributed by atoms with Crippen molar-refractivity contribution in [2.45, 2.75) is 51.5 Å². The summed E-state index contributed by atoms with van der Waals surface area (Å²) in [6.45, 7) is 2.64. The van der Waals surface area contributed by atoms with E-state index in [0.29, 0.717) is 29.9 Å². The van der Waals surface area contributed by atoms with E-state index in [1.807, 2.05) is 11.8 Å². The standard InChI is InChI=1S/C22H30N2O5/c1-2-28-18-11-9-17(10-12-18)22(27)23-14-21(26)29-15-20(25)24-13-5-7-16-6-3-4-8-19(16)24/h9-12,16,19H,2-8,13-15H2,1H3,(H,23,27)/t16-,19-/m1/s1. The normalized spacial score (nSPS) is 21.1. The maximum Gasteiger partial charge on any atom is 0.325 e. The van der Waals surface area contributed by atoms with Gasteiger partial charge in [0.1, 0.15) is 12.3 Å². The highest BCUT2D eigenvalue weighted by atomic mass is 16.5. The molecule has 1 N–H and O–H groups in total. The van der Waals surface area contributed by atoms with Gasteiger partial charge in [0.2, 0.25) is 0 Å². The lowest BCUT2D eigenvalue weighted by molar-refractivity contribution is -0.154. The lowest BCUT2D eigenvalue weighted by Gasteiger charge is -2.44. The number of hydrogen-bond donors (Lipinski definition) is 1. The van der Waals surface area contributed by atoms with Crippen LogP contribution >= 0.6 is 0 Å². The summed E-state index contributed by atoms with van der Waals surface area (Å²) in [4.78, 5) is 38.5. The van der Waals surface area contributed by atoms with E-state index < -0.39 is 5.97 Å². The smallest absolute Gasteiger partial charge is 0.325 e. The summed E-state index contributed by atoms with van der Waals surface area (Å²) in [5.74, 6) is 0.144. The molecule has 1 aliphatic heterocycles. The second-order valence-electron chi connectivity index (χ2n) is 7.64. The van der Waals surface area contributed by atoms with Gasteiger partial charge in [-0.1, -0.05) is 12.8 Å². The summed E-state index contributed by atoms with van der Waals surface area (Å²) in [7, 11) is 0. The number of hydrogen-bond acceptors (Lipinski definition) is 5. The Labute approximate surface area is 171 Å². The van der Waals surface area contributed by atoms with Crippen molar-refractivity contribution in [3.05, 3.63) is 29.8 Å². The lowest BCUT2D eigenvalue weighted by atomic mass is 9.78. The highest BCUT2D eigenvalue weighted by molar-refractivity contribution is 5.96. The molecule has 0 aromatic heterocycles. The van der Waals surface area contributed by atoms with Gasteiger partial charge in [0.15, 0.2) is 6.61 Å². The molecule has 1 saturated heterocycles. The Hall–Kier alpha value is -2.57. The zero-order valence-electron chi connectivity index (χ0n) is 17.0. The number of ether oxygens (including phenoxy) is 2. The van der Waals surface area contributed by atoms with Gasteiger partial charge in [-0.3, -0.25) is 14.4 Å². The minimum absolute atomic E-state index is 0.132. The molecule has 1 aliphatic carbocycles. The first-order valence-corrected chi connectivity index (χ1v) is 10.5. The third kappa shape index (κ3) is 5.71. The summed E-state index contributed by atoms with van der Waals surface area (Å²) < 4.78 is 10.4. The van der Waals surface area contributed by atoms with Crippen molar-refractivity contribution in [2.75, 3.05) is 26.3 Å². The van der Waals surface area contributed by atoms with Crippen molar-refractivity contribution in [3.63, 3.8) is 0 Å². The molecule has 1 saturated carbocycles. The summed E-state index contributed by atoms with van der Waals surface area (Å²) in [6, 6.07) is 6.96. The number of nitrogens with zero attached hydrogens (tertiary/aromatic N) is 1. The topological polar surface area (TPSA) is 84.9 Å². The number of esters is 1. The number of carbonyl (C=O) groups excluding carboxylic acids is 3. The SMILES string of the molecule is CCOc1ccc(C(=O)NCC(=O)OCC(=O)N2CCC[C@H]3CCCC[C@H]32)cc1. The quantitative estimate of drug-likeness (QED) is 0.709. The molecule has 158 valence electrons. The van der Waals surface area contributed by atoms with Gasteiger partial charge in [0.25, 0.3) is 11.8 Å². The Morgan fingerprint density at radius 1 is 1.07 bits per heavy atom. The fourth-order valence-electron chi connectivity index (χ4n) is 4.33. The van der Waals surface area contributed by atoms with Crippen LogP contribution in [0.4, 0.5) is 0 Å². The first-order chi connectivity index (χ1) is 14.1. The summed E-state index contributed by atoms with van der Waals surface area (Å²) in [6.07, 6.45) is 6.83. The average molecular weight is 402 g/mol. The van der Waals surface area contributed by atoms with Gasteiger partial charge < -0.3 is 19.7 Å². The summed E-state index contributed by atoms with van der Waals surface area (Å²) in [5, 5.41) is 2.52. The molecule has 0 bridgehead atoms. The van der Waals surface area contributed by atoms with Crippen molar-refractivity contribution in [2.24, 2.45) is 5.92 Å². The summed E-state index contributed by atoms with van der Waals surface area (Å²) in [5.41, 5.74) is 0.425. The highest BCUT2D eigenvalue weighted by Crippen LogP contribution is 2.35. The number of rotatable bonds is 7. The Bertz CT molecular complexity index is 716. The molecule has 2 fully saturated rings. The zero-order valence-corrected chi connectivity index (χ0v) is 17.0. The first-order valence-electron chi connectivity index (χ1n) is 10.5. The van der Waals surface area contributed by atoms with Crippen molar-refractivity contribution in [3.8, 4) is 5.75 Å². The molecule has 7 heteroatoms. The monoisotopic (exact) mass is 402 g/mol. The van der Waals surface area contributed by atoms with Gasteiger partial charge in [-0.25, -0.2) is 0 Å². The van der Waals surface area contributed by atoms with E-state index in [4.69, 9.17) is 9.47 Å². The van der Waals surface area contributed by atoms with Crippen LogP contribution in [0.5, 0.6) is 5.75 Å². The lowest BCUT2D eigenvalue weighted by Crippen LogP contribution is -2.51. The molecule has 7 nitrogen and oxygen atoms in total. The van der Waals surface area contributed by atoms with Crippen LogP contribution in [-0.4, -0.2) is 55.0 Å². The largest absolute Gasteiger partial charge is 0.494 e. The first kappa shape index (κ1) is 21.1. The van der Waals surface area contributed by atoms with Crippen LogP contribution in [0.25, 0.3) is 0 Å². The number of nitrogens with one attached hydrogen (secondary N) is 1. The van der Waals surface area contributed by atoms with E-state index in [1.165, 1.54) is 19.3 Å². The predicted octanol–water partition coefficient (Wildman–Crippen LogP) is 2.54. The van der Waals surface area contributed by atoms with Crippen LogP contribution in [0.2, 0.25) is 0 Å². The van der Waals surface area contributed by atoms with E-state index in [0.717, 1.165) is 25.8 Å². The minimum Gasteiger partial charge on any atom is -0.494 e. The molecule has 1 heterocycles. The highest BCUT2D eigenvalue weighted by Gasteiger charge is 2.35. The van der Waals surface area contributed by atoms with Gasteiger partial charge in [0.05, 0.1) is 6.61 Å². The maximum absolute atomic E-state index is 12.6. The number of piperidine rings is 1. The molecule has 0 unspecified atom stereocenters. The molecule has 2 atom stereocenters. The number of likely N-dealkylation sites (tertiary alicyclic amines) is 1. The Kier molecular flexibility index (Phi) is 7.49. The van der Waals surface area contributed by atoms with E-state index in [1.54, 1.807) is 24.3 Å². The number of carbonyl (C=O) groups is 3. The molecule has 0 radical (unpaired) electrons. The van der Waals surface area contributed by atoms with Gasteiger partial charge >= 0.3 is 5.97 Å². The number of benzene rings is 1. The summed E-state index contributed by atoms with van der Waals surface area (Å²) >= 11 is 0. The predicted molar refractivity (Wildman–Crippen MR) is 108 cm³/mol. The Morgan fingerprint density at radius 2 is 1.79 bits per heavy atom. The van der Waals surface area contributed by atoms with Crippen molar-refractivity contribution < 1.29 is 23.9 Å². The van der Waals surface area contributed by atoms with Crippen LogP contribution in [0.15, 0.2) is 24.3 Å². The van der Waals surface area contributed by atoms with Crippen LogP contribution in [0.3, 0.4) is 0 Å². The van der Waals surface area contributed by atoms with E-state index >= 15 is 0 Å². The van der Waals surface area contributed by atoms with Crippen molar-refractivity contribution in [1.29, 1.82) is 0 Å². The Balaban J connectivity index is 1.41. The van der Waals surface area contributed by atoms with Gasteiger partial charge in [0, 0.05) is 18.2 Å². The van der Waals surface area contributed by atoms with E-state index in [-0.39, 0.29) is 25.0 Å². The molecule has 0 spiro atoms. The van der Waals surface area contributed by atoms with E-state index in [2.05, 4.69) is 5.32 Å². The third-order valence-electron chi connectivity index (χ3n) is 5.74. The van der Waals surface area contributed by atoms with Crippen LogP contribution in [0, 0.1) is 5.92 Å². The van der Waals surface area contributed by atoms with Crippen LogP contribution in [-0.2, 0) is 14.3 Å². The van der Waals surface area contributed by atoms with Crippen molar-refractivity contribution >= 4 is 17.8 Å². The van der Waals surface area contributed by atoms with Crippen LogP contribution < -0.4 is 10.1 Å². The van der Waals surface area contributed by atoms with Crippen LogP contribution in [0.1, 0.15) is 55.8 Å². The molecule has 2 aliphatic rings. The van der Waals surface area contributed by atoms with Gasteiger partial charge in [-0.2, -0.15) is 0 Å². The van der Waals surface area contributed by atoms with Crippen molar-refractivity contribution in [1.82, 2.24) is 10.2 Å². The molecule has 29 heavy (non-hydrogen) atoms. The zero-order chi connectivity index (χ0) is 20.6. The van der Waals surface area contributed by atoms with Gasteiger partial charge in [-0.05, 0) is 62.8 Å². The second-order valence-corrected chi connectivity index (χ2v) is 7.64. The maximum atomic E-state index is 12.6. The third-order valence-corrected chi connectivity index (χ3v) is 5.74. The number of amides is 2.